The number of hydrogen-bond donors (Lipinski definition) is 1. The molecule has 1 aliphatic heterocycles. The number of nitrogens with zero attached hydrogens (tertiary/aromatic N) is 5. The first-order chi connectivity index (χ1) is 22.5. The topological polar surface area (TPSA) is 110 Å². The van der Waals surface area contributed by atoms with Crippen LogP contribution in [0.15, 0.2) is 77.6 Å². The third-order valence-corrected chi connectivity index (χ3v) is 9.04. The number of aryl methyl sites for hydroxylation is 1. The number of carbonyl (C=O) groups excluding carboxylic acids is 1. The quantitative estimate of drug-likeness (QED) is 0.193. The lowest BCUT2D eigenvalue weighted by atomic mass is 9.96. The summed E-state index contributed by atoms with van der Waals surface area (Å²) >= 11 is 0. The van der Waals surface area contributed by atoms with Gasteiger partial charge in [-0.15, -0.1) is 0 Å². The summed E-state index contributed by atoms with van der Waals surface area (Å²) in [6.45, 7) is 3.86. The predicted octanol–water partition coefficient (Wildman–Crippen LogP) is 4.49. The number of piperidine rings is 1. The van der Waals surface area contributed by atoms with E-state index in [1.54, 1.807) is 23.4 Å². The first-order valence-corrected chi connectivity index (χ1v) is 16.2. The zero-order valence-electron chi connectivity index (χ0n) is 26.8. The van der Waals surface area contributed by atoms with Crippen LogP contribution in [0.25, 0.3) is 27.8 Å². The van der Waals surface area contributed by atoms with Gasteiger partial charge in [0.2, 0.25) is 5.91 Å². The van der Waals surface area contributed by atoms with E-state index in [9.17, 15) is 9.59 Å². The highest BCUT2D eigenvalue weighted by Gasteiger charge is 2.29. The number of para-hydroxylation sites is 4. The van der Waals surface area contributed by atoms with Crippen molar-refractivity contribution in [2.24, 2.45) is 5.73 Å². The largest absolute Gasteiger partial charge is 0.385 e. The van der Waals surface area contributed by atoms with Gasteiger partial charge in [0.05, 0.1) is 40.9 Å². The van der Waals surface area contributed by atoms with Crippen molar-refractivity contribution >= 4 is 28.0 Å². The van der Waals surface area contributed by atoms with Gasteiger partial charge in [-0.25, -0.2) is 9.78 Å². The third kappa shape index (κ3) is 6.65. The van der Waals surface area contributed by atoms with Crippen molar-refractivity contribution < 1.29 is 14.3 Å². The molecule has 1 saturated heterocycles. The van der Waals surface area contributed by atoms with E-state index in [4.69, 9.17) is 20.2 Å². The number of rotatable bonds is 13. The van der Waals surface area contributed by atoms with Gasteiger partial charge in [0.25, 0.3) is 0 Å². The Balaban J connectivity index is 1.11. The van der Waals surface area contributed by atoms with E-state index in [-0.39, 0.29) is 30.0 Å². The smallest absolute Gasteiger partial charge is 0.333 e. The fourth-order valence-electron chi connectivity index (χ4n) is 6.79. The summed E-state index contributed by atoms with van der Waals surface area (Å²) in [5.74, 6) is 1.33. The maximum atomic E-state index is 13.5. The molecule has 10 nitrogen and oxygen atoms in total. The first kappa shape index (κ1) is 31.7. The predicted molar refractivity (Wildman–Crippen MR) is 180 cm³/mol. The van der Waals surface area contributed by atoms with E-state index < -0.39 is 0 Å². The highest BCUT2D eigenvalue weighted by Crippen LogP contribution is 2.30. The highest BCUT2D eigenvalue weighted by atomic mass is 16.5. The van der Waals surface area contributed by atoms with Crippen molar-refractivity contribution in [2.45, 2.75) is 57.2 Å². The number of methoxy groups -OCH3 is 2. The minimum Gasteiger partial charge on any atom is -0.385 e. The van der Waals surface area contributed by atoms with Crippen molar-refractivity contribution in [1.29, 1.82) is 0 Å². The SMILES string of the molecule is COCCCn1c(C2CCCN(C(=O)CC(N)Cc3ccc(-n4c(=O)n(CCOC)c5ccccc54)cc3)C2)nc2ccccc21. The number of ether oxygens (including phenoxy) is 2. The number of benzene rings is 3. The molecule has 2 N–H and O–H groups in total. The Labute approximate surface area is 269 Å². The second-order valence-corrected chi connectivity index (χ2v) is 12.2. The molecule has 2 unspecified atom stereocenters. The zero-order valence-corrected chi connectivity index (χ0v) is 26.8. The number of aromatic nitrogens is 4. The number of imidazole rings is 2. The number of nitrogens with two attached hydrogens (primary N) is 1. The minimum absolute atomic E-state index is 0.0892. The van der Waals surface area contributed by atoms with Gasteiger partial charge in [0, 0.05) is 58.8 Å². The Morgan fingerprint density at radius 1 is 0.913 bits per heavy atom. The molecule has 1 amide bonds. The van der Waals surface area contributed by atoms with Crippen molar-refractivity contribution in [3.05, 3.63) is 94.7 Å². The van der Waals surface area contributed by atoms with Gasteiger partial charge in [-0.2, -0.15) is 0 Å². The van der Waals surface area contributed by atoms with E-state index in [1.165, 1.54) is 0 Å². The van der Waals surface area contributed by atoms with Crippen LogP contribution in [0.3, 0.4) is 0 Å². The van der Waals surface area contributed by atoms with Crippen LogP contribution in [0.2, 0.25) is 0 Å². The molecule has 6 rings (SSSR count). The monoisotopic (exact) mass is 624 g/mol. The summed E-state index contributed by atoms with van der Waals surface area (Å²) < 4.78 is 16.3. The van der Waals surface area contributed by atoms with Crippen LogP contribution in [0.4, 0.5) is 0 Å². The first-order valence-electron chi connectivity index (χ1n) is 16.2. The molecule has 0 saturated carbocycles. The van der Waals surface area contributed by atoms with Crippen molar-refractivity contribution in [1.82, 2.24) is 23.6 Å². The van der Waals surface area contributed by atoms with E-state index in [0.717, 1.165) is 71.5 Å². The fourth-order valence-corrected chi connectivity index (χ4v) is 6.79. The molecule has 10 heteroatoms. The van der Waals surface area contributed by atoms with Crippen LogP contribution in [-0.2, 0) is 33.8 Å². The van der Waals surface area contributed by atoms with Crippen LogP contribution >= 0.6 is 0 Å². The summed E-state index contributed by atoms with van der Waals surface area (Å²) in [6, 6.07) is 23.6. The van der Waals surface area contributed by atoms with Crippen LogP contribution in [0.5, 0.6) is 0 Å². The molecular weight excluding hydrogens is 580 g/mol. The number of fused-ring (bicyclic) bond motifs is 2. The number of likely N-dealkylation sites (tertiary alicyclic amines) is 1. The van der Waals surface area contributed by atoms with Gasteiger partial charge in [0.15, 0.2) is 0 Å². The van der Waals surface area contributed by atoms with Gasteiger partial charge in [-0.3, -0.25) is 13.9 Å². The average Bonchev–Trinajstić information content (AvgIpc) is 3.58. The van der Waals surface area contributed by atoms with E-state index in [0.29, 0.717) is 32.7 Å². The molecule has 0 radical (unpaired) electrons. The average molecular weight is 625 g/mol. The van der Waals surface area contributed by atoms with Crippen LogP contribution < -0.4 is 11.4 Å². The Morgan fingerprint density at radius 2 is 1.63 bits per heavy atom. The van der Waals surface area contributed by atoms with E-state index >= 15 is 0 Å². The third-order valence-electron chi connectivity index (χ3n) is 9.04. The summed E-state index contributed by atoms with van der Waals surface area (Å²) in [5, 5.41) is 0. The molecule has 46 heavy (non-hydrogen) atoms. The second-order valence-electron chi connectivity index (χ2n) is 12.2. The molecular formula is C36H44N6O4. The highest BCUT2D eigenvalue weighted by molar-refractivity contribution is 5.79. The van der Waals surface area contributed by atoms with E-state index in [2.05, 4.69) is 22.8 Å². The molecule has 2 atom stereocenters. The summed E-state index contributed by atoms with van der Waals surface area (Å²) in [5.41, 5.74) is 12.1. The number of carbonyl (C=O) groups is 1. The molecule has 3 heterocycles. The van der Waals surface area contributed by atoms with Crippen molar-refractivity contribution in [2.75, 3.05) is 40.5 Å². The number of hydrogen-bond acceptors (Lipinski definition) is 6. The van der Waals surface area contributed by atoms with Crippen molar-refractivity contribution in [3.63, 3.8) is 0 Å². The maximum Gasteiger partial charge on any atom is 0.333 e. The summed E-state index contributed by atoms with van der Waals surface area (Å²) in [7, 11) is 3.36. The summed E-state index contributed by atoms with van der Waals surface area (Å²) in [4.78, 5) is 33.8. The lowest BCUT2D eigenvalue weighted by Crippen LogP contribution is -2.42. The zero-order chi connectivity index (χ0) is 32.0. The number of amides is 1. The molecule has 0 bridgehead atoms. The van der Waals surface area contributed by atoms with E-state index in [1.807, 2.05) is 59.5 Å². The molecule has 1 fully saturated rings. The Hall–Kier alpha value is -4.25. The Bertz CT molecular complexity index is 1840. The summed E-state index contributed by atoms with van der Waals surface area (Å²) in [6.07, 6.45) is 3.71. The standard InChI is InChI=1S/C36H44N6O4/c1-45-21-8-19-40-31-11-4-3-10-30(31)38-35(40)27-9-7-18-39(25-27)34(43)24-28(37)23-26-14-16-29(17-15-26)42-33-13-6-5-12-32(33)41(36(42)44)20-22-46-2/h3-6,10-17,27-28H,7-9,18-25,37H2,1-2H3. The van der Waals surface area contributed by atoms with Crippen LogP contribution in [-0.4, -0.2) is 76.1 Å². The normalized spacial score (nSPS) is 16.0. The fraction of sp³-hybridized carbons (Fsp3) is 0.417. The molecule has 1 aliphatic rings. The van der Waals surface area contributed by atoms with Crippen LogP contribution in [0, 0.1) is 0 Å². The maximum absolute atomic E-state index is 13.5. The molecule has 2 aromatic heterocycles. The molecule has 0 aliphatic carbocycles. The Kier molecular flexibility index (Phi) is 9.97. The van der Waals surface area contributed by atoms with Crippen LogP contribution in [0.1, 0.15) is 43.0 Å². The lowest BCUT2D eigenvalue weighted by molar-refractivity contribution is -0.132. The van der Waals surface area contributed by atoms with Gasteiger partial charge >= 0.3 is 5.69 Å². The van der Waals surface area contributed by atoms with Gasteiger partial charge in [-0.05, 0) is 67.6 Å². The lowest BCUT2D eigenvalue weighted by Gasteiger charge is -2.33. The van der Waals surface area contributed by atoms with Gasteiger partial charge in [0.1, 0.15) is 5.82 Å². The molecule has 3 aromatic carbocycles. The molecule has 5 aromatic rings. The molecule has 0 spiro atoms. The molecule has 242 valence electrons. The second kappa shape index (κ2) is 14.5. The van der Waals surface area contributed by atoms with Crippen molar-refractivity contribution in [3.8, 4) is 5.69 Å². The van der Waals surface area contributed by atoms with Gasteiger partial charge < -0.3 is 24.7 Å². The Morgan fingerprint density at radius 3 is 2.39 bits per heavy atom. The van der Waals surface area contributed by atoms with Gasteiger partial charge in [-0.1, -0.05) is 36.4 Å². The minimum atomic E-state index is -0.309.